The van der Waals surface area contributed by atoms with E-state index in [2.05, 4.69) is 0 Å². The van der Waals surface area contributed by atoms with Crippen LogP contribution in [0, 0.1) is 5.92 Å². The molecule has 0 aromatic heterocycles. The number of anilines is 1. The summed E-state index contributed by atoms with van der Waals surface area (Å²) in [5, 5.41) is 9.39. The standard InChI is InChI=1S/C22H27NO7S/c1-15(14-28-2)29-20-10-17(22(24)25)11-21(12-20)30-19-8-6-18(7-9-19)23(31(3,26)27)13-16-4-5-16/h6-12,15-16H,4-5,13-14H2,1-3H3,(H,24,25)/t15-/m0/s1. The van der Waals surface area contributed by atoms with Crippen LogP contribution in [0.15, 0.2) is 42.5 Å². The van der Waals surface area contributed by atoms with Crippen LogP contribution in [0.4, 0.5) is 5.69 Å². The van der Waals surface area contributed by atoms with E-state index >= 15 is 0 Å². The van der Waals surface area contributed by atoms with Crippen molar-refractivity contribution in [2.24, 2.45) is 5.92 Å². The number of ether oxygens (including phenoxy) is 3. The summed E-state index contributed by atoms with van der Waals surface area (Å²) >= 11 is 0. The molecule has 1 fully saturated rings. The number of rotatable bonds is 11. The first-order valence-electron chi connectivity index (χ1n) is 9.95. The van der Waals surface area contributed by atoms with Gasteiger partial charge in [-0.05, 0) is 62.1 Å². The van der Waals surface area contributed by atoms with Gasteiger partial charge in [0, 0.05) is 19.7 Å². The molecule has 168 valence electrons. The van der Waals surface area contributed by atoms with Gasteiger partial charge in [0.2, 0.25) is 10.0 Å². The van der Waals surface area contributed by atoms with Crippen molar-refractivity contribution >= 4 is 21.7 Å². The molecule has 0 bridgehead atoms. The highest BCUT2D eigenvalue weighted by Gasteiger charge is 2.28. The van der Waals surface area contributed by atoms with Crippen LogP contribution in [0.1, 0.15) is 30.1 Å². The number of carboxylic acids is 1. The van der Waals surface area contributed by atoms with Crippen molar-refractivity contribution in [2.45, 2.75) is 25.9 Å². The van der Waals surface area contributed by atoms with Crippen molar-refractivity contribution in [3.05, 3.63) is 48.0 Å². The van der Waals surface area contributed by atoms with E-state index in [9.17, 15) is 18.3 Å². The molecule has 0 radical (unpaired) electrons. The highest BCUT2D eigenvalue weighted by atomic mass is 32.2. The van der Waals surface area contributed by atoms with E-state index in [1.54, 1.807) is 37.4 Å². The van der Waals surface area contributed by atoms with Crippen molar-refractivity contribution < 1.29 is 32.5 Å². The van der Waals surface area contributed by atoms with Crippen LogP contribution in [0.2, 0.25) is 0 Å². The van der Waals surface area contributed by atoms with Gasteiger partial charge in [0.1, 0.15) is 23.4 Å². The number of carbonyl (C=O) groups is 1. The summed E-state index contributed by atoms with van der Waals surface area (Å²) in [6.45, 7) is 2.64. The molecule has 1 aliphatic rings. The second-order valence-corrected chi connectivity index (χ2v) is 9.62. The summed E-state index contributed by atoms with van der Waals surface area (Å²) in [7, 11) is -1.82. The SMILES string of the molecule is COC[C@H](C)Oc1cc(Oc2ccc(N(CC3CC3)S(C)(=O)=O)cc2)cc(C(=O)O)c1. The minimum absolute atomic E-state index is 0.0291. The van der Waals surface area contributed by atoms with E-state index in [1.165, 1.54) is 22.7 Å². The number of aromatic carboxylic acids is 1. The molecule has 3 rings (SSSR count). The third-order valence-electron chi connectivity index (χ3n) is 4.75. The zero-order valence-electron chi connectivity index (χ0n) is 17.8. The maximum absolute atomic E-state index is 12.2. The molecule has 1 aliphatic carbocycles. The van der Waals surface area contributed by atoms with Gasteiger partial charge in [0.05, 0.1) is 24.1 Å². The Morgan fingerprint density at radius 1 is 1.13 bits per heavy atom. The van der Waals surface area contributed by atoms with Gasteiger partial charge in [0.15, 0.2) is 0 Å². The van der Waals surface area contributed by atoms with Crippen molar-refractivity contribution in [3.8, 4) is 17.2 Å². The largest absolute Gasteiger partial charge is 0.488 e. The van der Waals surface area contributed by atoms with E-state index in [0.717, 1.165) is 12.8 Å². The minimum Gasteiger partial charge on any atom is -0.488 e. The summed E-state index contributed by atoms with van der Waals surface area (Å²) in [6.07, 6.45) is 3.01. The molecule has 0 aliphatic heterocycles. The molecule has 0 amide bonds. The average molecular weight is 450 g/mol. The third kappa shape index (κ3) is 6.60. The van der Waals surface area contributed by atoms with Gasteiger partial charge >= 0.3 is 5.97 Å². The number of nitrogens with zero attached hydrogens (tertiary/aromatic N) is 1. The van der Waals surface area contributed by atoms with Crippen molar-refractivity contribution in [1.29, 1.82) is 0 Å². The van der Waals surface area contributed by atoms with Crippen LogP contribution in [0.5, 0.6) is 17.2 Å². The Hall–Kier alpha value is -2.78. The molecule has 0 unspecified atom stereocenters. The second kappa shape index (κ2) is 9.57. The molecule has 0 heterocycles. The predicted molar refractivity (Wildman–Crippen MR) is 117 cm³/mol. The Morgan fingerprint density at radius 2 is 1.77 bits per heavy atom. The first kappa shape index (κ1) is 22.9. The number of hydrogen-bond acceptors (Lipinski definition) is 6. The van der Waals surface area contributed by atoms with Crippen LogP contribution < -0.4 is 13.8 Å². The number of carboxylic acid groups (broad SMARTS) is 1. The zero-order valence-corrected chi connectivity index (χ0v) is 18.6. The van der Waals surface area contributed by atoms with Crippen LogP contribution in [0.25, 0.3) is 0 Å². The molecule has 0 spiro atoms. The van der Waals surface area contributed by atoms with Gasteiger partial charge in [-0.15, -0.1) is 0 Å². The highest BCUT2D eigenvalue weighted by Crippen LogP contribution is 2.34. The van der Waals surface area contributed by atoms with Crippen molar-refractivity contribution in [3.63, 3.8) is 0 Å². The normalized spacial score (nSPS) is 14.7. The van der Waals surface area contributed by atoms with Gasteiger partial charge in [-0.1, -0.05) is 0 Å². The number of hydrogen-bond donors (Lipinski definition) is 1. The fourth-order valence-electron chi connectivity index (χ4n) is 3.11. The zero-order chi connectivity index (χ0) is 22.6. The minimum atomic E-state index is -3.38. The van der Waals surface area contributed by atoms with Crippen molar-refractivity contribution in [1.82, 2.24) is 0 Å². The summed E-state index contributed by atoms with van der Waals surface area (Å²) in [5.41, 5.74) is 0.597. The van der Waals surface area contributed by atoms with Gasteiger partial charge in [0.25, 0.3) is 0 Å². The van der Waals surface area contributed by atoms with E-state index in [-0.39, 0.29) is 11.7 Å². The van der Waals surface area contributed by atoms with Gasteiger partial charge < -0.3 is 19.3 Å². The Kier molecular flexibility index (Phi) is 7.07. The van der Waals surface area contributed by atoms with Gasteiger partial charge in [-0.3, -0.25) is 4.31 Å². The van der Waals surface area contributed by atoms with Crippen LogP contribution in [0.3, 0.4) is 0 Å². The molecule has 1 N–H and O–H groups in total. The average Bonchev–Trinajstić information content (AvgIpc) is 3.50. The monoisotopic (exact) mass is 449 g/mol. The fraction of sp³-hybridized carbons (Fsp3) is 0.409. The summed E-state index contributed by atoms with van der Waals surface area (Å²) < 4.78 is 42.3. The molecule has 1 saturated carbocycles. The maximum atomic E-state index is 12.2. The van der Waals surface area contributed by atoms with E-state index < -0.39 is 16.0 Å². The lowest BCUT2D eigenvalue weighted by Gasteiger charge is -2.22. The number of methoxy groups -OCH3 is 1. The topological polar surface area (TPSA) is 102 Å². The lowest BCUT2D eigenvalue weighted by molar-refractivity contribution is 0.0693. The predicted octanol–water partition coefficient (Wildman–Crippen LogP) is 3.77. The Bertz CT molecular complexity index is 1020. The Labute approximate surface area is 182 Å². The third-order valence-corrected chi connectivity index (χ3v) is 5.91. The molecule has 0 saturated heterocycles. The van der Waals surface area contributed by atoms with Gasteiger partial charge in [-0.2, -0.15) is 0 Å². The smallest absolute Gasteiger partial charge is 0.335 e. The first-order chi connectivity index (χ1) is 14.7. The number of benzene rings is 2. The fourth-order valence-corrected chi connectivity index (χ4v) is 4.09. The summed E-state index contributed by atoms with van der Waals surface area (Å²) in [5.74, 6) is 0.397. The maximum Gasteiger partial charge on any atom is 0.335 e. The summed E-state index contributed by atoms with van der Waals surface area (Å²) in [6, 6.07) is 11.1. The summed E-state index contributed by atoms with van der Waals surface area (Å²) in [4.78, 5) is 11.5. The molecule has 8 nitrogen and oxygen atoms in total. The molecule has 1 atom stereocenters. The Balaban J connectivity index is 1.79. The van der Waals surface area contributed by atoms with Crippen LogP contribution in [-0.2, 0) is 14.8 Å². The molecule has 2 aromatic rings. The quantitative estimate of drug-likeness (QED) is 0.557. The molecule has 9 heteroatoms. The molecular weight excluding hydrogens is 422 g/mol. The van der Waals surface area contributed by atoms with Gasteiger partial charge in [-0.25, -0.2) is 13.2 Å². The first-order valence-corrected chi connectivity index (χ1v) is 11.8. The van der Waals surface area contributed by atoms with E-state index in [1.807, 2.05) is 6.92 Å². The lowest BCUT2D eigenvalue weighted by atomic mass is 10.2. The van der Waals surface area contributed by atoms with E-state index in [4.69, 9.17) is 14.2 Å². The lowest BCUT2D eigenvalue weighted by Crippen LogP contribution is -2.31. The molecule has 2 aromatic carbocycles. The van der Waals surface area contributed by atoms with Crippen LogP contribution in [-0.4, -0.2) is 52.1 Å². The van der Waals surface area contributed by atoms with Crippen LogP contribution >= 0.6 is 0 Å². The molecule has 31 heavy (non-hydrogen) atoms. The van der Waals surface area contributed by atoms with Crippen molar-refractivity contribution in [2.75, 3.05) is 30.8 Å². The second-order valence-electron chi connectivity index (χ2n) is 7.72. The molecular formula is C22H27NO7S. The highest BCUT2D eigenvalue weighted by molar-refractivity contribution is 7.92. The van der Waals surface area contributed by atoms with E-state index in [0.29, 0.717) is 42.0 Å². The Morgan fingerprint density at radius 3 is 2.32 bits per heavy atom. The number of sulfonamides is 1.